The van der Waals surface area contributed by atoms with E-state index in [2.05, 4.69) is 27.7 Å². The van der Waals surface area contributed by atoms with E-state index in [1.807, 2.05) is 0 Å². The Bertz CT molecular complexity index is 139. The molecule has 0 N–H and O–H groups in total. The predicted octanol–water partition coefficient (Wildman–Crippen LogP) is 4.25. The first kappa shape index (κ1) is 10.1. The van der Waals surface area contributed by atoms with E-state index in [0.717, 1.165) is 11.8 Å². The first-order chi connectivity index (χ1) is 5.64. The SMILES string of the molecule is CCC1CCCC(C)(CC)C1C. The number of rotatable bonds is 2. The molecule has 0 spiro atoms. The Kier molecular flexibility index (Phi) is 3.20. The van der Waals surface area contributed by atoms with E-state index >= 15 is 0 Å². The fraction of sp³-hybridized carbons (Fsp3) is 1.00. The number of hydrogen-bond acceptors (Lipinski definition) is 0. The lowest BCUT2D eigenvalue weighted by Gasteiger charge is -2.44. The van der Waals surface area contributed by atoms with Crippen molar-refractivity contribution in [3.05, 3.63) is 0 Å². The van der Waals surface area contributed by atoms with Crippen molar-refractivity contribution < 1.29 is 0 Å². The molecule has 0 radical (unpaired) electrons. The van der Waals surface area contributed by atoms with E-state index in [9.17, 15) is 0 Å². The molecule has 0 heterocycles. The normalized spacial score (nSPS) is 43.0. The molecule has 3 unspecified atom stereocenters. The standard InChI is InChI=1S/C12H24/c1-5-11-8-7-9-12(4,6-2)10(11)3/h10-11H,5-9H2,1-4H3. The summed E-state index contributed by atoms with van der Waals surface area (Å²) in [6.45, 7) is 9.66. The van der Waals surface area contributed by atoms with Crippen molar-refractivity contribution in [3.8, 4) is 0 Å². The van der Waals surface area contributed by atoms with E-state index in [-0.39, 0.29) is 0 Å². The topological polar surface area (TPSA) is 0 Å². The van der Waals surface area contributed by atoms with Crippen LogP contribution in [0, 0.1) is 17.3 Å². The summed E-state index contributed by atoms with van der Waals surface area (Å²) in [5.41, 5.74) is 0.652. The minimum Gasteiger partial charge on any atom is -0.0651 e. The lowest BCUT2D eigenvalue weighted by Crippen LogP contribution is -2.34. The van der Waals surface area contributed by atoms with Crippen molar-refractivity contribution in [3.63, 3.8) is 0 Å². The highest BCUT2D eigenvalue weighted by atomic mass is 14.4. The van der Waals surface area contributed by atoms with Gasteiger partial charge in [0.25, 0.3) is 0 Å². The van der Waals surface area contributed by atoms with Gasteiger partial charge in [0.05, 0.1) is 0 Å². The summed E-state index contributed by atoms with van der Waals surface area (Å²) < 4.78 is 0. The van der Waals surface area contributed by atoms with Crippen molar-refractivity contribution in [2.75, 3.05) is 0 Å². The molecule has 12 heavy (non-hydrogen) atoms. The molecule has 1 aliphatic rings. The molecule has 1 fully saturated rings. The van der Waals surface area contributed by atoms with Gasteiger partial charge in [-0.2, -0.15) is 0 Å². The summed E-state index contributed by atoms with van der Waals surface area (Å²) in [4.78, 5) is 0. The molecule has 0 aromatic heterocycles. The van der Waals surface area contributed by atoms with E-state index in [4.69, 9.17) is 0 Å². The minimum absolute atomic E-state index is 0.652. The van der Waals surface area contributed by atoms with Crippen LogP contribution in [0.4, 0.5) is 0 Å². The van der Waals surface area contributed by atoms with Crippen LogP contribution in [0.25, 0.3) is 0 Å². The summed E-state index contributed by atoms with van der Waals surface area (Å²) in [6.07, 6.45) is 7.16. The van der Waals surface area contributed by atoms with Crippen LogP contribution in [0.15, 0.2) is 0 Å². The van der Waals surface area contributed by atoms with Crippen LogP contribution in [0.5, 0.6) is 0 Å². The minimum atomic E-state index is 0.652. The Morgan fingerprint density at radius 1 is 1.33 bits per heavy atom. The Hall–Kier alpha value is 0. The third kappa shape index (κ3) is 1.67. The second-order valence-corrected chi connectivity index (χ2v) is 4.86. The van der Waals surface area contributed by atoms with Gasteiger partial charge in [-0.15, -0.1) is 0 Å². The van der Waals surface area contributed by atoms with Gasteiger partial charge < -0.3 is 0 Å². The molecule has 72 valence electrons. The summed E-state index contributed by atoms with van der Waals surface area (Å²) in [5, 5.41) is 0. The van der Waals surface area contributed by atoms with E-state index < -0.39 is 0 Å². The smallest absolute Gasteiger partial charge is 0.0300 e. The molecular weight excluding hydrogens is 144 g/mol. The number of hydrogen-bond donors (Lipinski definition) is 0. The summed E-state index contributed by atoms with van der Waals surface area (Å²) in [5.74, 6) is 1.95. The first-order valence-electron chi connectivity index (χ1n) is 5.64. The Morgan fingerprint density at radius 3 is 2.50 bits per heavy atom. The Labute approximate surface area is 77.7 Å². The second-order valence-electron chi connectivity index (χ2n) is 4.86. The third-order valence-electron chi connectivity index (χ3n) is 4.46. The predicted molar refractivity (Wildman–Crippen MR) is 55.2 cm³/mol. The monoisotopic (exact) mass is 168 g/mol. The van der Waals surface area contributed by atoms with Gasteiger partial charge in [-0.3, -0.25) is 0 Å². The molecule has 1 saturated carbocycles. The Morgan fingerprint density at radius 2 is 2.00 bits per heavy atom. The maximum Gasteiger partial charge on any atom is -0.0300 e. The van der Waals surface area contributed by atoms with Crippen molar-refractivity contribution in [2.24, 2.45) is 17.3 Å². The maximum atomic E-state index is 2.49. The van der Waals surface area contributed by atoms with Gasteiger partial charge >= 0.3 is 0 Å². The molecule has 0 aliphatic heterocycles. The van der Waals surface area contributed by atoms with Crippen LogP contribution in [0.1, 0.15) is 59.8 Å². The molecule has 0 aromatic rings. The van der Waals surface area contributed by atoms with Gasteiger partial charge in [-0.05, 0) is 23.7 Å². The fourth-order valence-corrected chi connectivity index (χ4v) is 2.87. The molecule has 0 aromatic carbocycles. The van der Waals surface area contributed by atoms with Gasteiger partial charge in [0.15, 0.2) is 0 Å². The van der Waals surface area contributed by atoms with Crippen molar-refractivity contribution >= 4 is 0 Å². The highest BCUT2D eigenvalue weighted by molar-refractivity contribution is 4.87. The zero-order valence-electron chi connectivity index (χ0n) is 9.19. The van der Waals surface area contributed by atoms with Crippen LogP contribution in [-0.4, -0.2) is 0 Å². The van der Waals surface area contributed by atoms with Gasteiger partial charge in [-0.1, -0.05) is 53.4 Å². The summed E-state index contributed by atoms with van der Waals surface area (Å²) >= 11 is 0. The van der Waals surface area contributed by atoms with E-state index in [1.54, 1.807) is 0 Å². The average Bonchev–Trinajstić information content (AvgIpc) is 2.10. The third-order valence-corrected chi connectivity index (χ3v) is 4.46. The molecule has 1 rings (SSSR count). The van der Waals surface area contributed by atoms with Crippen LogP contribution in [-0.2, 0) is 0 Å². The summed E-state index contributed by atoms with van der Waals surface area (Å²) in [7, 11) is 0. The molecule has 0 saturated heterocycles. The maximum absolute atomic E-state index is 2.49. The van der Waals surface area contributed by atoms with Gasteiger partial charge in [0.2, 0.25) is 0 Å². The van der Waals surface area contributed by atoms with Crippen molar-refractivity contribution in [2.45, 2.75) is 59.8 Å². The van der Waals surface area contributed by atoms with E-state index in [1.165, 1.54) is 32.1 Å². The zero-order chi connectivity index (χ0) is 9.19. The summed E-state index contributed by atoms with van der Waals surface area (Å²) in [6, 6.07) is 0. The lowest BCUT2D eigenvalue weighted by molar-refractivity contribution is 0.0651. The lowest BCUT2D eigenvalue weighted by atomic mass is 9.61. The van der Waals surface area contributed by atoms with Gasteiger partial charge in [-0.25, -0.2) is 0 Å². The van der Waals surface area contributed by atoms with Crippen molar-refractivity contribution in [1.29, 1.82) is 0 Å². The largest absolute Gasteiger partial charge is 0.0651 e. The molecule has 3 atom stereocenters. The molecular formula is C12H24. The van der Waals surface area contributed by atoms with Crippen LogP contribution in [0.3, 0.4) is 0 Å². The van der Waals surface area contributed by atoms with Crippen LogP contribution in [0.2, 0.25) is 0 Å². The quantitative estimate of drug-likeness (QED) is 0.578. The molecule has 0 bridgehead atoms. The van der Waals surface area contributed by atoms with Gasteiger partial charge in [0.1, 0.15) is 0 Å². The van der Waals surface area contributed by atoms with Gasteiger partial charge in [0, 0.05) is 0 Å². The first-order valence-corrected chi connectivity index (χ1v) is 5.64. The second kappa shape index (κ2) is 3.81. The average molecular weight is 168 g/mol. The highest BCUT2D eigenvalue weighted by Crippen LogP contribution is 2.47. The van der Waals surface area contributed by atoms with Crippen LogP contribution < -0.4 is 0 Å². The molecule has 0 nitrogen and oxygen atoms in total. The molecule has 0 heteroatoms. The molecule has 1 aliphatic carbocycles. The van der Waals surface area contributed by atoms with E-state index in [0.29, 0.717) is 5.41 Å². The Balaban J connectivity index is 2.65. The fourth-order valence-electron chi connectivity index (χ4n) is 2.87. The van der Waals surface area contributed by atoms with Crippen molar-refractivity contribution in [1.82, 2.24) is 0 Å². The zero-order valence-corrected chi connectivity index (χ0v) is 9.19. The molecule has 0 amide bonds. The highest BCUT2D eigenvalue weighted by Gasteiger charge is 2.36. The van der Waals surface area contributed by atoms with Crippen LogP contribution >= 0.6 is 0 Å².